The summed E-state index contributed by atoms with van der Waals surface area (Å²) in [5.74, 6) is -0.519. The molecule has 0 bridgehead atoms. The SMILES string of the molecule is Nc1cccc(OCCC(=O)OCC(F)(F)F)c1. The second-order valence-corrected chi connectivity index (χ2v) is 3.45. The Morgan fingerprint density at radius 2 is 2.06 bits per heavy atom. The first-order valence-electron chi connectivity index (χ1n) is 5.07. The zero-order valence-corrected chi connectivity index (χ0v) is 9.37. The maximum atomic E-state index is 11.7. The molecule has 0 saturated heterocycles. The van der Waals surface area contributed by atoms with E-state index < -0.39 is 18.8 Å². The lowest BCUT2D eigenvalue weighted by Gasteiger charge is -2.08. The molecule has 0 heterocycles. The minimum Gasteiger partial charge on any atom is -0.493 e. The van der Waals surface area contributed by atoms with E-state index >= 15 is 0 Å². The Balaban J connectivity index is 2.23. The van der Waals surface area contributed by atoms with Gasteiger partial charge in [0.05, 0.1) is 13.0 Å². The first-order valence-corrected chi connectivity index (χ1v) is 5.07. The molecule has 0 amide bonds. The highest BCUT2D eigenvalue weighted by atomic mass is 19.4. The van der Waals surface area contributed by atoms with Crippen molar-refractivity contribution in [3.05, 3.63) is 24.3 Å². The predicted octanol–water partition coefficient (Wildman–Crippen LogP) is 2.14. The molecule has 18 heavy (non-hydrogen) atoms. The van der Waals surface area contributed by atoms with Crippen LogP contribution < -0.4 is 10.5 Å². The quantitative estimate of drug-likeness (QED) is 0.653. The van der Waals surface area contributed by atoms with Crippen LogP contribution in [0.15, 0.2) is 24.3 Å². The van der Waals surface area contributed by atoms with Crippen LogP contribution in [0.5, 0.6) is 5.75 Å². The van der Waals surface area contributed by atoms with E-state index in [4.69, 9.17) is 10.5 Å². The van der Waals surface area contributed by atoms with Crippen LogP contribution in [0, 0.1) is 0 Å². The smallest absolute Gasteiger partial charge is 0.422 e. The molecule has 2 N–H and O–H groups in total. The lowest BCUT2D eigenvalue weighted by molar-refractivity contribution is -0.186. The third kappa shape index (κ3) is 5.97. The number of anilines is 1. The molecule has 1 rings (SSSR count). The van der Waals surface area contributed by atoms with Gasteiger partial charge in [0.15, 0.2) is 6.61 Å². The van der Waals surface area contributed by atoms with Crippen LogP contribution in [0.4, 0.5) is 18.9 Å². The molecular weight excluding hydrogens is 251 g/mol. The number of carbonyl (C=O) groups excluding carboxylic acids is 1. The van der Waals surface area contributed by atoms with Gasteiger partial charge in [-0.15, -0.1) is 0 Å². The van der Waals surface area contributed by atoms with E-state index in [0.29, 0.717) is 11.4 Å². The van der Waals surface area contributed by atoms with Gasteiger partial charge in [-0.05, 0) is 12.1 Å². The van der Waals surface area contributed by atoms with Gasteiger partial charge in [-0.1, -0.05) is 6.07 Å². The Hall–Kier alpha value is -1.92. The topological polar surface area (TPSA) is 61.5 Å². The number of nitrogen functional groups attached to an aromatic ring is 1. The normalized spacial score (nSPS) is 11.1. The van der Waals surface area contributed by atoms with Crippen LogP contribution in [0.25, 0.3) is 0 Å². The van der Waals surface area contributed by atoms with E-state index in [0.717, 1.165) is 0 Å². The predicted molar refractivity (Wildman–Crippen MR) is 58.0 cm³/mol. The number of nitrogens with two attached hydrogens (primary N) is 1. The number of halogens is 3. The Morgan fingerprint density at radius 3 is 2.67 bits per heavy atom. The van der Waals surface area contributed by atoms with Crippen molar-refractivity contribution in [2.75, 3.05) is 18.9 Å². The largest absolute Gasteiger partial charge is 0.493 e. The van der Waals surface area contributed by atoms with Gasteiger partial charge in [-0.2, -0.15) is 13.2 Å². The van der Waals surface area contributed by atoms with E-state index in [-0.39, 0.29) is 13.0 Å². The van der Waals surface area contributed by atoms with Gasteiger partial charge in [-0.3, -0.25) is 4.79 Å². The Labute approximate surface area is 101 Å². The number of rotatable bonds is 5. The molecule has 0 aliphatic carbocycles. The minimum absolute atomic E-state index is 0.0693. The highest BCUT2D eigenvalue weighted by Crippen LogP contribution is 2.16. The molecule has 0 aromatic heterocycles. The second-order valence-electron chi connectivity index (χ2n) is 3.45. The highest BCUT2D eigenvalue weighted by Gasteiger charge is 2.29. The van der Waals surface area contributed by atoms with Crippen LogP contribution in [0.2, 0.25) is 0 Å². The molecule has 4 nitrogen and oxygen atoms in total. The zero-order chi connectivity index (χ0) is 13.6. The monoisotopic (exact) mass is 263 g/mol. The van der Waals surface area contributed by atoms with Gasteiger partial charge >= 0.3 is 12.1 Å². The van der Waals surface area contributed by atoms with Crippen molar-refractivity contribution >= 4 is 11.7 Å². The van der Waals surface area contributed by atoms with Crippen molar-refractivity contribution in [3.8, 4) is 5.75 Å². The summed E-state index contributed by atoms with van der Waals surface area (Å²) in [4.78, 5) is 10.9. The summed E-state index contributed by atoms with van der Waals surface area (Å²) in [6, 6.07) is 6.48. The van der Waals surface area contributed by atoms with E-state index in [1.165, 1.54) is 0 Å². The average Bonchev–Trinajstić information content (AvgIpc) is 2.25. The molecule has 100 valence electrons. The van der Waals surface area contributed by atoms with E-state index in [9.17, 15) is 18.0 Å². The number of esters is 1. The van der Waals surface area contributed by atoms with Gasteiger partial charge in [-0.25, -0.2) is 0 Å². The van der Waals surface area contributed by atoms with Gasteiger partial charge in [0, 0.05) is 11.8 Å². The molecule has 0 aliphatic heterocycles. The van der Waals surface area contributed by atoms with Gasteiger partial charge < -0.3 is 15.2 Å². The van der Waals surface area contributed by atoms with Crippen LogP contribution in [0.3, 0.4) is 0 Å². The summed E-state index contributed by atoms with van der Waals surface area (Å²) < 4.78 is 44.3. The van der Waals surface area contributed by atoms with Crippen molar-refractivity contribution in [2.24, 2.45) is 0 Å². The Kier molecular flexibility index (Phi) is 4.82. The number of hydrogen-bond donors (Lipinski definition) is 1. The number of alkyl halides is 3. The van der Waals surface area contributed by atoms with Gasteiger partial charge in [0.1, 0.15) is 5.75 Å². The zero-order valence-electron chi connectivity index (χ0n) is 9.37. The number of carbonyl (C=O) groups is 1. The molecule has 0 fully saturated rings. The maximum Gasteiger partial charge on any atom is 0.422 e. The van der Waals surface area contributed by atoms with E-state index in [2.05, 4.69) is 4.74 Å². The fraction of sp³-hybridized carbons (Fsp3) is 0.364. The Bertz CT molecular complexity index is 407. The third-order valence-electron chi connectivity index (χ3n) is 1.83. The first-order chi connectivity index (χ1) is 8.37. The Morgan fingerprint density at radius 1 is 1.33 bits per heavy atom. The van der Waals surface area contributed by atoms with Crippen LogP contribution in [-0.4, -0.2) is 25.4 Å². The molecule has 1 aromatic rings. The third-order valence-corrected chi connectivity index (χ3v) is 1.83. The van der Waals surface area contributed by atoms with Crippen molar-refractivity contribution < 1.29 is 27.4 Å². The summed E-state index contributed by atoms with van der Waals surface area (Å²) in [5, 5.41) is 0. The molecule has 1 aromatic carbocycles. The number of ether oxygens (including phenoxy) is 2. The van der Waals surface area contributed by atoms with Gasteiger partial charge in [0.25, 0.3) is 0 Å². The summed E-state index contributed by atoms with van der Waals surface area (Å²) >= 11 is 0. The molecule has 0 spiro atoms. The van der Waals surface area contributed by atoms with Crippen molar-refractivity contribution in [2.45, 2.75) is 12.6 Å². The standard InChI is InChI=1S/C11H12F3NO3/c12-11(13,14)7-18-10(16)4-5-17-9-3-1-2-8(15)6-9/h1-3,6H,4-5,7,15H2. The maximum absolute atomic E-state index is 11.7. The summed E-state index contributed by atoms with van der Waals surface area (Å²) in [6.07, 6.45) is -4.77. The fourth-order valence-corrected chi connectivity index (χ4v) is 1.09. The molecule has 0 unspecified atom stereocenters. The van der Waals surface area contributed by atoms with Crippen LogP contribution >= 0.6 is 0 Å². The average molecular weight is 263 g/mol. The molecule has 0 saturated carbocycles. The van der Waals surface area contributed by atoms with E-state index in [1.807, 2.05) is 0 Å². The van der Waals surface area contributed by atoms with Crippen molar-refractivity contribution in [1.29, 1.82) is 0 Å². The summed E-state index contributed by atoms with van der Waals surface area (Å²) in [6.45, 7) is -1.65. The van der Waals surface area contributed by atoms with Crippen LogP contribution in [0.1, 0.15) is 6.42 Å². The number of benzene rings is 1. The molecular formula is C11H12F3NO3. The molecule has 0 radical (unpaired) electrons. The minimum atomic E-state index is -4.51. The lowest BCUT2D eigenvalue weighted by atomic mass is 10.3. The fourth-order valence-electron chi connectivity index (χ4n) is 1.09. The van der Waals surface area contributed by atoms with E-state index in [1.54, 1.807) is 24.3 Å². The number of hydrogen-bond acceptors (Lipinski definition) is 4. The van der Waals surface area contributed by atoms with Crippen molar-refractivity contribution in [1.82, 2.24) is 0 Å². The van der Waals surface area contributed by atoms with Crippen molar-refractivity contribution in [3.63, 3.8) is 0 Å². The van der Waals surface area contributed by atoms with Crippen LogP contribution in [-0.2, 0) is 9.53 Å². The van der Waals surface area contributed by atoms with Gasteiger partial charge in [0.2, 0.25) is 0 Å². The second kappa shape index (κ2) is 6.13. The molecule has 0 aliphatic rings. The summed E-state index contributed by atoms with van der Waals surface area (Å²) in [5.41, 5.74) is 5.98. The molecule has 7 heteroatoms. The first kappa shape index (κ1) is 14.1. The summed E-state index contributed by atoms with van der Waals surface area (Å²) in [7, 11) is 0. The molecule has 0 atom stereocenters. The highest BCUT2D eigenvalue weighted by molar-refractivity contribution is 5.69. The lowest BCUT2D eigenvalue weighted by Crippen LogP contribution is -2.21.